The highest BCUT2D eigenvalue weighted by Gasteiger charge is 2.47. The molecule has 0 amide bonds. The maximum Gasteiger partial charge on any atom is 0.335 e. The summed E-state index contributed by atoms with van der Waals surface area (Å²) in [6.45, 7) is 0. The van der Waals surface area contributed by atoms with Crippen molar-refractivity contribution in [1.29, 1.82) is 0 Å². The number of carboxylic acids is 1. The Labute approximate surface area is 171 Å². The van der Waals surface area contributed by atoms with Crippen molar-refractivity contribution in [2.24, 2.45) is 10.9 Å². The standard InChI is InChI=1S/C24H17NO5/c26-17-7-3-6-16-19(17)18(12-8-10-13(11-9-12)24(29)30)20-21(25-16)23(28)15-5-2-1-4-14(15)22(20)27/h1-2,4-5,8-11,18-19H,3,6-7H2,(H,29,30). The molecule has 2 aromatic rings. The monoisotopic (exact) mass is 399 g/mol. The van der Waals surface area contributed by atoms with Crippen LogP contribution in [-0.2, 0) is 4.79 Å². The molecule has 2 aliphatic carbocycles. The third-order valence-electron chi connectivity index (χ3n) is 6.11. The molecule has 0 saturated heterocycles. The summed E-state index contributed by atoms with van der Waals surface area (Å²) in [4.78, 5) is 55.3. The van der Waals surface area contributed by atoms with Crippen molar-refractivity contribution in [3.63, 3.8) is 0 Å². The fraction of sp³-hybridized carbons (Fsp3) is 0.208. The Kier molecular flexibility index (Phi) is 4.10. The summed E-state index contributed by atoms with van der Waals surface area (Å²) in [6, 6.07) is 12.8. The van der Waals surface area contributed by atoms with Crippen LogP contribution in [0, 0.1) is 5.92 Å². The minimum atomic E-state index is -1.06. The molecule has 1 fully saturated rings. The smallest absolute Gasteiger partial charge is 0.335 e. The van der Waals surface area contributed by atoms with Crippen LogP contribution in [0.4, 0.5) is 0 Å². The maximum absolute atomic E-state index is 13.5. The molecule has 6 heteroatoms. The Morgan fingerprint density at radius 1 is 0.867 bits per heavy atom. The van der Waals surface area contributed by atoms with Gasteiger partial charge in [-0.2, -0.15) is 0 Å². The van der Waals surface area contributed by atoms with Gasteiger partial charge in [0.2, 0.25) is 5.78 Å². The van der Waals surface area contributed by atoms with Crippen molar-refractivity contribution < 1.29 is 24.3 Å². The zero-order chi connectivity index (χ0) is 21.0. The fourth-order valence-corrected chi connectivity index (χ4v) is 4.73. The van der Waals surface area contributed by atoms with Gasteiger partial charge in [-0.1, -0.05) is 36.4 Å². The predicted molar refractivity (Wildman–Crippen MR) is 108 cm³/mol. The van der Waals surface area contributed by atoms with Crippen molar-refractivity contribution in [1.82, 2.24) is 0 Å². The van der Waals surface area contributed by atoms with Crippen LogP contribution in [0.3, 0.4) is 0 Å². The molecule has 2 unspecified atom stereocenters. The van der Waals surface area contributed by atoms with E-state index in [1.165, 1.54) is 12.1 Å². The number of nitrogens with zero attached hydrogens (tertiary/aromatic N) is 1. The summed E-state index contributed by atoms with van der Waals surface area (Å²) < 4.78 is 0. The number of carbonyl (C=O) groups excluding carboxylic acids is 3. The normalized spacial score (nSPS) is 22.8. The van der Waals surface area contributed by atoms with Crippen LogP contribution in [0.25, 0.3) is 0 Å². The van der Waals surface area contributed by atoms with Gasteiger partial charge in [0.1, 0.15) is 11.5 Å². The largest absolute Gasteiger partial charge is 0.478 e. The van der Waals surface area contributed by atoms with Crippen LogP contribution in [0.15, 0.2) is 64.8 Å². The molecule has 2 atom stereocenters. The van der Waals surface area contributed by atoms with E-state index in [2.05, 4.69) is 4.99 Å². The van der Waals surface area contributed by atoms with Crippen LogP contribution in [0.1, 0.15) is 61.8 Å². The van der Waals surface area contributed by atoms with Gasteiger partial charge in [0.15, 0.2) is 5.78 Å². The lowest BCUT2D eigenvalue weighted by molar-refractivity contribution is -0.122. The molecule has 0 bridgehead atoms. The van der Waals surface area contributed by atoms with Crippen molar-refractivity contribution in [3.8, 4) is 0 Å². The van der Waals surface area contributed by atoms with E-state index in [-0.39, 0.29) is 34.2 Å². The van der Waals surface area contributed by atoms with Gasteiger partial charge < -0.3 is 5.11 Å². The average Bonchev–Trinajstić information content (AvgIpc) is 2.76. The van der Waals surface area contributed by atoms with E-state index in [1.807, 2.05) is 0 Å². The second-order valence-electron chi connectivity index (χ2n) is 7.77. The number of hydrogen-bond donors (Lipinski definition) is 1. The molecule has 5 rings (SSSR count). The third kappa shape index (κ3) is 2.60. The molecule has 30 heavy (non-hydrogen) atoms. The topological polar surface area (TPSA) is 101 Å². The number of carbonyl (C=O) groups is 4. The molecule has 0 aromatic heterocycles. The number of benzene rings is 2. The number of carboxylic acid groups (broad SMARTS) is 1. The summed E-state index contributed by atoms with van der Waals surface area (Å²) in [5.74, 6) is -2.91. The van der Waals surface area contributed by atoms with Crippen molar-refractivity contribution in [2.75, 3.05) is 0 Å². The van der Waals surface area contributed by atoms with E-state index in [0.29, 0.717) is 41.7 Å². The average molecular weight is 399 g/mol. The molecule has 1 heterocycles. The SMILES string of the molecule is O=C(O)c1ccc(C2C3=C(N=C4CCCC(=O)C42)C(=O)c2ccccc2C3=O)cc1. The molecule has 0 radical (unpaired) electrons. The van der Waals surface area contributed by atoms with Crippen LogP contribution >= 0.6 is 0 Å². The highest BCUT2D eigenvalue weighted by atomic mass is 16.4. The van der Waals surface area contributed by atoms with E-state index in [9.17, 15) is 24.3 Å². The minimum absolute atomic E-state index is 0.00188. The fourth-order valence-electron chi connectivity index (χ4n) is 4.73. The van der Waals surface area contributed by atoms with Crippen molar-refractivity contribution in [2.45, 2.75) is 25.2 Å². The molecule has 148 valence electrons. The predicted octanol–water partition coefficient (Wildman–Crippen LogP) is 3.63. The second-order valence-corrected chi connectivity index (χ2v) is 7.77. The molecular formula is C24H17NO5. The highest BCUT2D eigenvalue weighted by molar-refractivity contribution is 6.29. The molecular weight excluding hydrogens is 382 g/mol. The summed E-state index contributed by atoms with van der Waals surface area (Å²) in [6.07, 6.45) is 1.66. The van der Waals surface area contributed by atoms with E-state index in [0.717, 1.165) is 0 Å². The first-order valence-electron chi connectivity index (χ1n) is 9.83. The zero-order valence-electron chi connectivity index (χ0n) is 15.9. The lowest BCUT2D eigenvalue weighted by Gasteiger charge is -2.37. The molecule has 3 aliphatic rings. The van der Waals surface area contributed by atoms with Gasteiger partial charge in [-0.15, -0.1) is 0 Å². The van der Waals surface area contributed by atoms with Gasteiger partial charge in [0.05, 0.1) is 11.5 Å². The summed E-state index contributed by atoms with van der Waals surface area (Å²) in [5, 5.41) is 9.21. The molecule has 0 spiro atoms. The number of fused-ring (bicyclic) bond motifs is 2. The van der Waals surface area contributed by atoms with E-state index >= 15 is 0 Å². The molecule has 1 saturated carbocycles. The molecule has 2 aromatic carbocycles. The van der Waals surface area contributed by atoms with Gasteiger partial charge in [-0.3, -0.25) is 19.4 Å². The lowest BCUT2D eigenvalue weighted by atomic mass is 9.66. The number of rotatable bonds is 2. The van der Waals surface area contributed by atoms with Crippen LogP contribution in [-0.4, -0.2) is 34.1 Å². The molecule has 1 aliphatic heterocycles. The Morgan fingerprint density at radius 3 is 2.20 bits per heavy atom. The van der Waals surface area contributed by atoms with E-state index in [1.54, 1.807) is 36.4 Å². The maximum atomic E-state index is 13.5. The highest BCUT2D eigenvalue weighted by Crippen LogP contribution is 2.46. The Morgan fingerprint density at radius 2 is 1.53 bits per heavy atom. The van der Waals surface area contributed by atoms with E-state index < -0.39 is 17.8 Å². The van der Waals surface area contributed by atoms with Gasteiger partial charge >= 0.3 is 5.97 Å². The lowest BCUT2D eigenvalue weighted by Crippen LogP contribution is -2.41. The Balaban J connectivity index is 1.73. The number of allylic oxidation sites excluding steroid dienone is 2. The summed E-state index contributed by atoms with van der Waals surface area (Å²) in [7, 11) is 0. The third-order valence-corrected chi connectivity index (χ3v) is 6.11. The van der Waals surface area contributed by atoms with Crippen LogP contribution in [0.2, 0.25) is 0 Å². The number of ketones is 3. The van der Waals surface area contributed by atoms with Crippen LogP contribution < -0.4 is 0 Å². The summed E-state index contributed by atoms with van der Waals surface area (Å²) in [5.41, 5.74) is 2.39. The van der Waals surface area contributed by atoms with Gasteiger partial charge in [-0.05, 0) is 30.5 Å². The minimum Gasteiger partial charge on any atom is -0.478 e. The summed E-state index contributed by atoms with van der Waals surface area (Å²) >= 11 is 0. The second kappa shape index (κ2) is 6.69. The van der Waals surface area contributed by atoms with Gasteiger partial charge in [0, 0.05) is 34.8 Å². The first-order chi connectivity index (χ1) is 14.5. The molecule has 6 nitrogen and oxygen atoms in total. The number of aliphatic imine (C=N–C) groups is 1. The van der Waals surface area contributed by atoms with E-state index in [4.69, 9.17) is 0 Å². The number of hydrogen-bond acceptors (Lipinski definition) is 5. The number of aromatic carboxylic acids is 1. The first kappa shape index (κ1) is 18.4. The van der Waals surface area contributed by atoms with Gasteiger partial charge in [-0.25, -0.2) is 4.79 Å². The van der Waals surface area contributed by atoms with Crippen molar-refractivity contribution in [3.05, 3.63) is 82.1 Å². The molecule has 1 N–H and O–H groups in total. The zero-order valence-corrected chi connectivity index (χ0v) is 15.9. The first-order valence-corrected chi connectivity index (χ1v) is 9.83. The van der Waals surface area contributed by atoms with Gasteiger partial charge in [0.25, 0.3) is 0 Å². The number of Topliss-reactive ketones (excluding diaryl/α,β-unsaturated/α-hetero) is 3. The van der Waals surface area contributed by atoms with Crippen LogP contribution in [0.5, 0.6) is 0 Å². The van der Waals surface area contributed by atoms with Crippen molar-refractivity contribution >= 4 is 29.0 Å². The Hall–Kier alpha value is -3.67. The quantitative estimate of drug-likeness (QED) is 0.831. The Bertz CT molecular complexity index is 1200.